The molecular weight excluding hydrogens is 464 g/mol. The Labute approximate surface area is 188 Å². The summed E-state index contributed by atoms with van der Waals surface area (Å²) in [6.07, 6.45) is -5.46. The molecule has 0 aliphatic carbocycles. The van der Waals surface area contributed by atoms with Crippen molar-refractivity contribution >= 4 is 17.8 Å². The van der Waals surface area contributed by atoms with Crippen molar-refractivity contribution in [3.8, 4) is 0 Å². The third-order valence-corrected chi connectivity index (χ3v) is 5.33. The molecule has 2 saturated heterocycles. The lowest BCUT2D eigenvalue weighted by Gasteiger charge is -2.41. The van der Waals surface area contributed by atoms with Gasteiger partial charge in [0.2, 0.25) is 5.91 Å². The molecule has 0 aromatic rings. The molecule has 0 bridgehead atoms. The fourth-order valence-corrected chi connectivity index (χ4v) is 3.48. The Morgan fingerprint density at radius 2 is 1.18 bits per heavy atom. The van der Waals surface area contributed by atoms with E-state index < -0.39 is 24.3 Å². The minimum atomic E-state index is -5.08. The molecule has 0 spiro atoms. The second-order valence-corrected chi connectivity index (χ2v) is 7.81. The molecule has 2 rings (SSSR count). The normalized spacial score (nSPS) is 18.9. The van der Waals surface area contributed by atoms with Crippen molar-refractivity contribution in [1.82, 2.24) is 14.7 Å². The van der Waals surface area contributed by atoms with E-state index in [1.807, 2.05) is 14.1 Å². The largest absolute Gasteiger partial charge is 0.490 e. The predicted molar refractivity (Wildman–Crippen MR) is 106 cm³/mol. The summed E-state index contributed by atoms with van der Waals surface area (Å²) in [5.41, 5.74) is 0. The first kappa shape index (κ1) is 30.9. The van der Waals surface area contributed by atoms with Crippen molar-refractivity contribution in [3.63, 3.8) is 0 Å². The van der Waals surface area contributed by atoms with Crippen molar-refractivity contribution in [2.45, 2.75) is 51.0 Å². The first-order valence-electron chi connectivity index (χ1n) is 10.3. The van der Waals surface area contributed by atoms with Crippen LogP contribution in [0.25, 0.3) is 0 Å². The third kappa shape index (κ3) is 12.1. The molecule has 0 saturated carbocycles. The summed E-state index contributed by atoms with van der Waals surface area (Å²) in [6, 6.07) is 0.762. The van der Waals surface area contributed by atoms with Crippen molar-refractivity contribution in [2.75, 3.05) is 46.8 Å². The quantitative estimate of drug-likeness (QED) is 0.581. The third-order valence-electron chi connectivity index (χ3n) is 5.33. The summed E-state index contributed by atoms with van der Waals surface area (Å²) in [6.45, 7) is 8.16. The van der Waals surface area contributed by atoms with Crippen LogP contribution in [0, 0.1) is 5.92 Å². The maximum atomic E-state index is 12.0. The van der Waals surface area contributed by atoms with Gasteiger partial charge in [0.15, 0.2) is 0 Å². The number of likely N-dealkylation sites (tertiary alicyclic amines) is 2. The number of hydrogen-bond acceptors (Lipinski definition) is 5. The van der Waals surface area contributed by atoms with Crippen LogP contribution >= 0.6 is 0 Å². The molecular formula is C19H31F6N3O5. The van der Waals surface area contributed by atoms with E-state index in [0.717, 1.165) is 32.0 Å². The van der Waals surface area contributed by atoms with Gasteiger partial charge in [0.25, 0.3) is 0 Å². The zero-order valence-corrected chi connectivity index (χ0v) is 18.7. The average molecular weight is 495 g/mol. The number of carboxylic acid groups (broad SMARTS) is 2. The van der Waals surface area contributed by atoms with Crippen LogP contribution in [0.4, 0.5) is 26.3 Å². The molecule has 8 nitrogen and oxygen atoms in total. The molecule has 0 aromatic heterocycles. The highest BCUT2D eigenvalue weighted by molar-refractivity contribution is 5.78. The number of piperidine rings is 2. The molecule has 2 aliphatic heterocycles. The monoisotopic (exact) mass is 495 g/mol. The van der Waals surface area contributed by atoms with Gasteiger partial charge in [0, 0.05) is 26.1 Å². The fraction of sp³-hybridized carbons (Fsp3) is 0.842. The highest BCUT2D eigenvalue weighted by Crippen LogP contribution is 2.24. The van der Waals surface area contributed by atoms with Gasteiger partial charge in [0.05, 0.1) is 0 Å². The summed E-state index contributed by atoms with van der Waals surface area (Å²) in [7, 11) is 3.74. The average Bonchev–Trinajstić information content (AvgIpc) is 2.73. The van der Waals surface area contributed by atoms with E-state index in [4.69, 9.17) is 19.8 Å². The number of halogens is 6. The SMILES string of the molecule is CCN1CCC(N2CCC(C(=O)N(C)C)CC2)CC1.O=C(O)C(F)(F)F.O=C(O)C(F)(F)F. The van der Waals surface area contributed by atoms with Gasteiger partial charge in [-0.2, -0.15) is 26.3 Å². The summed E-state index contributed by atoms with van der Waals surface area (Å²) in [4.78, 5) is 36.7. The molecule has 0 unspecified atom stereocenters. The number of carbonyl (C=O) groups excluding carboxylic acids is 1. The van der Waals surface area contributed by atoms with E-state index in [9.17, 15) is 31.1 Å². The molecule has 0 atom stereocenters. The lowest BCUT2D eigenvalue weighted by molar-refractivity contribution is -0.193. The van der Waals surface area contributed by atoms with Crippen LogP contribution in [-0.2, 0) is 14.4 Å². The number of aliphatic carboxylic acids is 2. The van der Waals surface area contributed by atoms with Crippen LogP contribution in [0.5, 0.6) is 0 Å². The Bertz CT molecular complexity index is 602. The summed E-state index contributed by atoms with van der Waals surface area (Å²) in [5.74, 6) is -4.93. The van der Waals surface area contributed by atoms with E-state index in [-0.39, 0.29) is 5.92 Å². The Balaban J connectivity index is 0.000000605. The molecule has 2 fully saturated rings. The molecule has 2 aliphatic rings. The highest BCUT2D eigenvalue weighted by Gasteiger charge is 2.39. The van der Waals surface area contributed by atoms with Crippen LogP contribution in [0.2, 0.25) is 0 Å². The zero-order chi connectivity index (χ0) is 26.0. The van der Waals surface area contributed by atoms with E-state index in [1.54, 1.807) is 4.90 Å². The maximum absolute atomic E-state index is 12.0. The van der Waals surface area contributed by atoms with Crippen molar-refractivity contribution in [2.24, 2.45) is 5.92 Å². The Hall–Kier alpha value is -2.09. The van der Waals surface area contributed by atoms with Gasteiger partial charge in [-0.15, -0.1) is 0 Å². The van der Waals surface area contributed by atoms with Gasteiger partial charge in [-0.05, 0) is 58.4 Å². The maximum Gasteiger partial charge on any atom is 0.490 e. The smallest absolute Gasteiger partial charge is 0.475 e. The Morgan fingerprint density at radius 3 is 1.45 bits per heavy atom. The van der Waals surface area contributed by atoms with Gasteiger partial charge in [-0.3, -0.25) is 4.79 Å². The Kier molecular flexibility index (Phi) is 12.7. The number of carbonyl (C=O) groups is 3. The number of rotatable bonds is 3. The zero-order valence-electron chi connectivity index (χ0n) is 18.7. The van der Waals surface area contributed by atoms with E-state index in [1.165, 1.54) is 32.5 Å². The van der Waals surface area contributed by atoms with Gasteiger partial charge in [-0.25, -0.2) is 9.59 Å². The summed E-state index contributed by atoms with van der Waals surface area (Å²) < 4.78 is 63.5. The lowest BCUT2D eigenvalue weighted by atomic mass is 9.92. The minimum absolute atomic E-state index is 0.266. The molecule has 33 heavy (non-hydrogen) atoms. The molecule has 1 amide bonds. The standard InChI is InChI=1S/C15H29N3O.2C2HF3O2/c1-4-17-9-7-14(8-10-17)18-11-5-13(6-12-18)15(19)16(2)3;2*3-2(4,5)1(6)7/h13-14H,4-12H2,1-3H3;2*(H,6,7). The molecule has 2 heterocycles. The predicted octanol–water partition coefficient (Wildman–Crippen LogP) is 2.54. The first-order valence-corrected chi connectivity index (χ1v) is 10.3. The van der Waals surface area contributed by atoms with Crippen LogP contribution in [0.3, 0.4) is 0 Å². The van der Waals surface area contributed by atoms with Crippen molar-refractivity contribution < 1.29 is 50.9 Å². The molecule has 0 aromatic carbocycles. The topological polar surface area (TPSA) is 101 Å². The second kappa shape index (κ2) is 13.6. The number of nitrogens with zero attached hydrogens (tertiary/aromatic N) is 3. The van der Waals surface area contributed by atoms with Gasteiger partial charge in [0.1, 0.15) is 0 Å². The van der Waals surface area contributed by atoms with E-state index in [0.29, 0.717) is 5.91 Å². The molecule has 2 N–H and O–H groups in total. The summed E-state index contributed by atoms with van der Waals surface area (Å²) in [5, 5.41) is 14.2. The van der Waals surface area contributed by atoms with Crippen molar-refractivity contribution in [3.05, 3.63) is 0 Å². The highest BCUT2D eigenvalue weighted by atomic mass is 19.4. The first-order chi connectivity index (χ1) is 15.0. The molecule has 14 heteroatoms. The number of hydrogen-bond donors (Lipinski definition) is 2. The van der Waals surface area contributed by atoms with Gasteiger partial charge >= 0.3 is 24.3 Å². The van der Waals surface area contributed by atoms with Gasteiger partial charge < -0.3 is 24.9 Å². The van der Waals surface area contributed by atoms with E-state index in [2.05, 4.69) is 16.7 Å². The van der Waals surface area contributed by atoms with Crippen LogP contribution < -0.4 is 0 Å². The Morgan fingerprint density at radius 1 is 0.818 bits per heavy atom. The fourth-order valence-electron chi connectivity index (χ4n) is 3.48. The lowest BCUT2D eigenvalue weighted by Crippen LogP contribution is -2.49. The molecule has 0 radical (unpaired) electrons. The van der Waals surface area contributed by atoms with Crippen LogP contribution in [0.15, 0.2) is 0 Å². The number of amides is 1. The van der Waals surface area contributed by atoms with Crippen LogP contribution in [-0.4, -0.2) is 108 Å². The second-order valence-electron chi connectivity index (χ2n) is 7.81. The number of alkyl halides is 6. The number of carboxylic acids is 2. The van der Waals surface area contributed by atoms with E-state index >= 15 is 0 Å². The van der Waals surface area contributed by atoms with Gasteiger partial charge in [-0.1, -0.05) is 6.92 Å². The molecule has 194 valence electrons. The van der Waals surface area contributed by atoms with Crippen molar-refractivity contribution in [1.29, 1.82) is 0 Å². The van der Waals surface area contributed by atoms with Crippen LogP contribution in [0.1, 0.15) is 32.6 Å². The minimum Gasteiger partial charge on any atom is -0.475 e. The summed E-state index contributed by atoms with van der Waals surface area (Å²) >= 11 is 0.